The van der Waals surface area contributed by atoms with Gasteiger partial charge in [-0.25, -0.2) is 0 Å². The number of nitrogens with one attached hydrogen (secondary N) is 1. The molecule has 4 saturated carbocycles. The van der Waals surface area contributed by atoms with Gasteiger partial charge in [-0.1, -0.05) is 34.1 Å². The lowest BCUT2D eigenvalue weighted by Crippen LogP contribution is -2.58. The molecule has 1 aromatic carbocycles. The van der Waals surface area contributed by atoms with Crippen LogP contribution in [-0.2, 0) is 11.3 Å². The van der Waals surface area contributed by atoms with Gasteiger partial charge in [0, 0.05) is 29.1 Å². The first-order chi connectivity index (χ1) is 12.6. The standard InChI is InChI=1S/C22H27BrN2O/c23-22-13-16-10-17(14-22)12-21(11-16,15-22)20(26)24-7-3-8-25-9-6-18-4-1-2-5-19(18)25/h1-2,4-6,9,16-17H,3,7-8,10-15H2,(H,24,26). The van der Waals surface area contributed by atoms with Crippen LogP contribution in [0.5, 0.6) is 0 Å². The third-order valence-electron chi connectivity index (χ3n) is 7.01. The molecule has 3 nitrogen and oxygen atoms in total. The Kier molecular flexibility index (Phi) is 3.97. The maximum absolute atomic E-state index is 13.1. The first-order valence-electron chi connectivity index (χ1n) is 10.1. The molecule has 4 fully saturated rings. The van der Waals surface area contributed by atoms with Crippen molar-refractivity contribution in [2.75, 3.05) is 6.54 Å². The van der Waals surface area contributed by atoms with Crippen molar-refractivity contribution in [1.29, 1.82) is 0 Å². The molecule has 0 spiro atoms. The number of halogens is 1. The minimum atomic E-state index is -0.0896. The second-order valence-corrected chi connectivity index (χ2v) is 10.8. The highest BCUT2D eigenvalue weighted by atomic mass is 79.9. The number of rotatable bonds is 5. The van der Waals surface area contributed by atoms with E-state index in [2.05, 4.69) is 62.3 Å². The number of nitrogens with zero attached hydrogens (tertiary/aromatic N) is 1. The number of hydrogen-bond donors (Lipinski definition) is 1. The fourth-order valence-corrected chi connectivity index (χ4v) is 7.84. The topological polar surface area (TPSA) is 34.0 Å². The Morgan fingerprint density at radius 3 is 2.69 bits per heavy atom. The van der Waals surface area contributed by atoms with Crippen LogP contribution >= 0.6 is 15.9 Å². The van der Waals surface area contributed by atoms with Crippen molar-refractivity contribution in [1.82, 2.24) is 9.88 Å². The van der Waals surface area contributed by atoms with E-state index in [9.17, 15) is 4.79 Å². The highest BCUT2D eigenvalue weighted by Crippen LogP contribution is 2.64. The molecule has 1 heterocycles. The van der Waals surface area contributed by atoms with Gasteiger partial charge in [0.05, 0.1) is 5.41 Å². The summed E-state index contributed by atoms with van der Waals surface area (Å²) in [5.74, 6) is 1.84. The van der Waals surface area contributed by atoms with Gasteiger partial charge in [-0.05, 0) is 74.3 Å². The summed E-state index contributed by atoms with van der Waals surface area (Å²) in [6.07, 6.45) is 10.3. The number of hydrogen-bond acceptors (Lipinski definition) is 1. The first-order valence-corrected chi connectivity index (χ1v) is 10.9. The van der Waals surface area contributed by atoms with E-state index in [4.69, 9.17) is 0 Å². The number of carbonyl (C=O) groups excluding carboxylic acids is 1. The molecule has 0 radical (unpaired) electrons. The largest absolute Gasteiger partial charge is 0.356 e. The van der Waals surface area contributed by atoms with Gasteiger partial charge in [0.25, 0.3) is 0 Å². The fraction of sp³-hybridized carbons (Fsp3) is 0.591. The number of carbonyl (C=O) groups is 1. The fourth-order valence-electron chi connectivity index (χ4n) is 6.39. The summed E-state index contributed by atoms with van der Waals surface area (Å²) >= 11 is 4.01. The molecule has 1 N–H and O–H groups in total. The monoisotopic (exact) mass is 414 g/mol. The molecule has 6 rings (SSSR count). The quantitative estimate of drug-likeness (QED) is 0.548. The Morgan fingerprint density at radius 1 is 1.15 bits per heavy atom. The van der Waals surface area contributed by atoms with E-state index in [0.717, 1.165) is 50.6 Å². The first kappa shape index (κ1) is 16.9. The van der Waals surface area contributed by atoms with E-state index in [0.29, 0.717) is 5.91 Å². The zero-order chi connectivity index (χ0) is 17.8. The Morgan fingerprint density at radius 2 is 1.92 bits per heavy atom. The lowest BCUT2D eigenvalue weighted by molar-refractivity contribution is -0.144. The van der Waals surface area contributed by atoms with Crippen molar-refractivity contribution in [3.05, 3.63) is 36.5 Å². The predicted molar refractivity (Wildman–Crippen MR) is 108 cm³/mol. The van der Waals surface area contributed by atoms with Crippen LogP contribution in [0.25, 0.3) is 10.9 Å². The van der Waals surface area contributed by atoms with Gasteiger partial charge >= 0.3 is 0 Å². The van der Waals surface area contributed by atoms with Crippen LogP contribution in [0.1, 0.15) is 44.9 Å². The summed E-state index contributed by atoms with van der Waals surface area (Å²) in [5, 5.41) is 4.58. The van der Waals surface area contributed by atoms with Gasteiger partial charge in [-0.3, -0.25) is 4.79 Å². The average molecular weight is 415 g/mol. The van der Waals surface area contributed by atoms with E-state index in [-0.39, 0.29) is 9.74 Å². The molecule has 2 atom stereocenters. The normalized spacial score (nSPS) is 35.1. The summed E-state index contributed by atoms with van der Waals surface area (Å²) < 4.78 is 2.54. The molecule has 4 heteroatoms. The Hall–Kier alpha value is -1.29. The summed E-state index contributed by atoms with van der Waals surface area (Å²) in [6, 6.07) is 10.6. The number of para-hydroxylation sites is 1. The number of aromatic nitrogens is 1. The maximum Gasteiger partial charge on any atom is 0.226 e. The molecular formula is C22H27BrN2O. The smallest absolute Gasteiger partial charge is 0.226 e. The summed E-state index contributed by atoms with van der Waals surface area (Å²) in [6.45, 7) is 1.73. The number of benzene rings is 1. The van der Waals surface area contributed by atoms with Gasteiger partial charge < -0.3 is 9.88 Å². The van der Waals surface area contributed by atoms with E-state index in [1.165, 1.54) is 30.2 Å². The highest BCUT2D eigenvalue weighted by Gasteiger charge is 2.59. The van der Waals surface area contributed by atoms with E-state index in [1.807, 2.05) is 0 Å². The summed E-state index contributed by atoms with van der Waals surface area (Å²) in [4.78, 5) is 13.1. The summed E-state index contributed by atoms with van der Waals surface area (Å²) in [5.41, 5.74) is 1.19. The molecule has 26 heavy (non-hydrogen) atoms. The van der Waals surface area contributed by atoms with E-state index >= 15 is 0 Å². The zero-order valence-electron chi connectivity index (χ0n) is 15.2. The highest BCUT2D eigenvalue weighted by molar-refractivity contribution is 9.10. The van der Waals surface area contributed by atoms with Crippen molar-refractivity contribution in [3.63, 3.8) is 0 Å². The lowest BCUT2D eigenvalue weighted by atomic mass is 9.49. The van der Waals surface area contributed by atoms with Crippen molar-refractivity contribution < 1.29 is 4.79 Å². The number of alkyl halides is 1. The number of amides is 1. The Balaban J connectivity index is 1.19. The number of aryl methyl sites for hydroxylation is 1. The third-order valence-corrected chi connectivity index (χ3v) is 7.94. The minimum absolute atomic E-state index is 0.0896. The molecule has 0 saturated heterocycles. The molecule has 138 valence electrons. The van der Waals surface area contributed by atoms with Crippen LogP contribution in [0.4, 0.5) is 0 Å². The van der Waals surface area contributed by atoms with Crippen LogP contribution in [0.15, 0.2) is 36.5 Å². The van der Waals surface area contributed by atoms with Crippen LogP contribution in [0.2, 0.25) is 0 Å². The van der Waals surface area contributed by atoms with E-state index in [1.54, 1.807) is 0 Å². The van der Waals surface area contributed by atoms with Crippen LogP contribution in [0, 0.1) is 17.3 Å². The van der Waals surface area contributed by atoms with Crippen molar-refractivity contribution in [3.8, 4) is 0 Å². The maximum atomic E-state index is 13.1. The molecule has 4 bridgehead atoms. The van der Waals surface area contributed by atoms with Gasteiger partial charge in [-0.2, -0.15) is 0 Å². The van der Waals surface area contributed by atoms with Gasteiger partial charge in [0.15, 0.2) is 0 Å². The molecule has 4 aliphatic carbocycles. The molecule has 2 aromatic rings. The minimum Gasteiger partial charge on any atom is -0.356 e. The lowest BCUT2D eigenvalue weighted by Gasteiger charge is -2.59. The van der Waals surface area contributed by atoms with Gasteiger partial charge in [-0.15, -0.1) is 0 Å². The Labute approximate surface area is 163 Å². The van der Waals surface area contributed by atoms with Crippen molar-refractivity contribution >= 4 is 32.7 Å². The zero-order valence-corrected chi connectivity index (χ0v) is 16.8. The molecule has 0 aliphatic heterocycles. The molecule has 1 amide bonds. The second kappa shape index (κ2) is 6.12. The molecule has 4 aliphatic rings. The van der Waals surface area contributed by atoms with Crippen LogP contribution in [0.3, 0.4) is 0 Å². The SMILES string of the molecule is O=C(NCCCn1ccc2ccccc21)C12CC3CC(CC(Br)(C3)C1)C2. The molecular weight excluding hydrogens is 388 g/mol. The average Bonchev–Trinajstić information content (AvgIpc) is 2.99. The van der Waals surface area contributed by atoms with Crippen LogP contribution in [-0.4, -0.2) is 21.3 Å². The van der Waals surface area contributed by atoms with Gasteiger partial charge in [0.2, 0.25) is 5.91 Å². The predicted octanol–water partition coefficient (Wildman–Crippen LogP) is 4.88. The van der Waals surface area contributed by atoms with E-state index < -0.39 is 0 Å². The van der Waals surface area contributed by atoms with Crippen molar-refractivity contribution in [2.45, 2.75) is 55.8 Å². The molecule has 1 aromatic heterocycles. The number of fused-ring (bicyclic) bond motifs is 1. The third kappa shape index (κ3) is 2.81. The van der Waals surface area contributed by atoms with Crippen LogP contribution < -0.4 is 5.32 Å². The summed E-state index contributed by atoms with van der Waals surface area (Å²) in [7, 11) is 0. The molecule has 2 unspecified atom stereocenters. The Bertz CT molecular complexity index is 828. The van der Waals surface area contributed by atoms with Gasteiger partial charge in [0.1, 0.15) is 0 Å². The second-order valence-electron chi connectivity index (χ2n) is 9.07. The van der Waals surface area contributed by atoms with Crippen molar-refractivity contribution in [2.24, 2.45) is 17.3 Å².